The Morgan fingerprint density at radius 3 is 1.83 bits per heavy atom. The summed E-state index contributed by atoms with van der Waals surface area (Å²) in [5, 5.41) is 7.73. The highest BCUT2D eigenvalue weighted by Gasteiger charge is 2.05. The Labute approximate surface area is 78.7 Å². The van der Waals surface area contributed by atoms with E-state index in [1.807, 2.05) is 0 Å². The standard InChI is InChI=1S/C2H2Cl2O2.CH6NO3P/c3-1(4)2(5)6;1-6(3,4)5-2/h1H,(H,5,6);2H2,1H3,(H,3,4). The van der Waals surface area contributed by atoms with Gasteiger partial charge >= 0.3 is 13.6 Å². The first-order valence-corrected chi connectivity index (χ1v) is 5.30. The Kier molecular flexibility index (Phi) is 8.13. The van der Waals surface area contributed by atoms with Crippen molar-refractivity contribution in [1.82, 2.24) is 0 Å². The number of nitrogens with two attached hydrogens (primary N) is 1. The fraction of sp³-hybridized carbons (Fsp3) is 0.667. The Morgan fingerprint density at radius 1 is 1.67 bits per heavy atom. The number of alkyl halides is 2. The van der Waals surface area contributed by atoms with Crippen LogP contribution in [0.1, 0.15) is 0 Å². The van der Waals surface area contributed by atoms with Gasteiger partial charge in [-0.15, -0.1) is 0 Å². The summed E-state index contributed by atoms with van der Waals surface area (Å²) in [6.07, 6.45) is 0. The number of aliphatic carboxylic acids is 1. The quantitative estimate of drug-likeness (QED) is 0.369. The van der Waals surface area contributed by atoms with Crippen molar-refractivity contribution in [3.05, 3.63) is 0 Å². The monoisotopic (exact) mass is 239 g/mol. The average Bonchev–Trinajstić information content (AvgIpc) is 1.87. The number of halogens is 2. The van der Waals surface area contributed by atoms with Gasteiger partial charge in [0.2, 0.25) is 4.84 Å². The van der Waals surface area contributed by atoms with E-state index in [1.165, 1.54) is 0 Å². The van der Waals surface area contributed by atoms with Gasteiger partial charge in [-0.25, -0.2) is 15.3 Å². The molecule has 0 radical (unpaired) electrons. The molecule has 0 saturated heterocycles. The van der Waals surface area contributed by atoms with Gasteiger partial charge in [0.25, 0.3) is 0 Å². The number of hydrogen-bond acceptors (Lipinski definition) is 4. The molecular formula is C3H8Cl2NO5P. The summed E-state index contributed by atoms with van der Waals surface area (Å²) in [6, 6.07) is 0. The largest absolute Gasteiger partial charge is 0.479 e. The Balaban J connectivity index is 0. The van der Waals surface area contributed by atoms with Gasteiger partial charge in [0.1, 0.15) is 0 Å². The minimum absolute atomic E-state index is 1.01. The second-order valence-corrected chi connectivity index (χ2v) is 4.46. The fourth-order valence-corrected chi connectivity index (χ4v) is 0. The van der Waals surface area contributed by atoms with E-state index in [9.17, 15) is 9.36 Å². The normalized spacial score (nSPS) is 14.5. The van der Waals surface area contributed by atoms with E-state index in [4.69, 9.17) is 33.2 Å². The van der Waals surface area contributed by atoms with Crippen LogP contribution in [0.3, 0.4) is 0 Å². The van der Waals surface area contributed by atoms with E-state index in [-0.39, 0.29) is 0 Å². The molecule has 12 heavy (non-hydrogen) atoms. The topological polar surface area (TPSA) is 110 Å². The van der Waals surface area contributed by atoms with E-state index < -0.39 is 18.4 Å². The van der Waals surface area contributed by atoms with Crippen LogP contribution in [-0.2, 0) is 14.0 Å². The first-order valence-electron chi connectivity index (χ1n) is 2.40. The highest BCUT2D eigenvalue weighted by atomic mass is 35.5. The van der Waals surface area contributed by atoms with E-state index in [2.05, 4.69) is 10.5 Å². The van der Waals surface area contributed by atoms with Gasteiger partial charge < -0.3 is 10.00 Å². The molecule has 0 aromatic rings. The minimum Gasteiger partial charge on any atom is -0.479 e. The molecule has 74 valence electrons. The molecule has 0 aromatic heterocycles. The summed E-state index contributed by atoms with van der Waals surface area (Å²) in [4.78, 5) is 16.2. The van der Waals surface area contributed by atoms with Crippen LogP contribution >= 0.6 is 30.8 Å². The molecule has 6 nitrogen and oxygen atoms in total. The van der Waals surface area contributed by atoms with Crippen LogP contribution in [0, 0.1) is 0 Å². The lowest BCUT2D eigenvalue weighted by molar-refractivity contribution is -0.135. The molecule has 0 fully saturated rings. The molecule has 0 aliphatic rings. The molecule has 0 saturated carbocycles. The first kappa shape index (κ1) is 14.7. The number of rotatable bonds is 2. The molecule has 0 bridgehead atoms. The summed E-state index contributed by atoms with van der Waals surface area (Å²) < 4.78 is 13.3. The van der Waals surface area contributed by atoms with Crippen molar-refractivity contribution < 1.29 is 24.0 Å². The van der Waals surface area contributed by atoms with Crippen LogP contribution in [0.15, 0.2) is 0 Å². The van der Waals surface area contributed by atoms with Gasteiger partial charge in [-0.05, 0) is 0 Å². The third-order valence-corrected chi connectivity index (χ3v) is 1.15. The highest BCUT2D eigenvalue weighted by Crippen LogP contribution is 2.32. The summed E-state index contributed by atoms with van der Waals surface area (Å²) in [6.45, 7) is 1.01. The lowest BCUT2D eigenvalue weighted by Gasteiger charge is -1.94. The Hall–Kier alpha value is 0.160. The molecule has 0 aliphatic heterocycles. The molecule has 0 amide bonds. The number of carbonyl (C=O) groups is 1. The SMILES string of the molecule is CP(=O)(O)ON.O=C(O)C(Cl)Cl. The zero-order chi connectivity index (χ0) is 10.4. The van der Waals surface area contributed by atoms with Crippen LogP contribution in [0.2, 0.25) is 0 Å². The highest BCUT2D eigenvalue weighted by molar-refractivity contribution is 7.51. The molecule has 0 spiro atoms. The first-order chi connectivity index (χ1) is 5.20. The maximum absolute atomic E-state index is 9.79. The molecular weight excluding hydrogens is 232 g/mol. The van der Waals surface area contributed by atoms with Crippen LogP contribution in [0.5, 0.6) is 0 Å². The van der Waals surface area contributed by atoms with Crippen molar-refractivity contribution in [2.24, 2.45) is 5.90 Å². The zero-order valence-corrected chi connectivity index (χ0v) is 8.38. The van der Waals surface area contributed by atoms with Gasteiger partial charge in [-0.2, -0.15) is 0 Å². The third-order valence-electron chi connectivity index (χ3n) is 0.382. The van der Waals surface area contributed by atoms with E-state index >= 15 is 0 Å². The van der Waals surface area contributed by atoms with Crippen molar-refractivity contribution in [2.45, 2.75) is 4.84 Å². The number of hydrogen-bond donors (Lipinski definition) is 3. The van der Waals surface area contributed by atoms with Crippen LogP contribution in [-0.4, -0.2) is 27.5 Å². The molecule has 1 unspecified atom stereocenters. The van der Waals surface area contributed by atoms with Crippen molar-refractivity contribution in [2.75, 3.05) is 6.66 Å². The van der Waals surface area contributed by atoms with Crippen molar-refractivity contribution >= 4 is 36.8 Å². The predicted octanol–water partition coefficient (Wildman–Crippen LogP) is 0.567. The second kappa shape index (κ2) is 6.65. The molecule has 9 heteroatoms. The summed E-state index contributed by atoms with van der Waals surface area (Å²) in [5.74, 6) is 3.08. The van der Waals surface area contributed by atoms with Crippen molar-refractivity contribution in [3.8, 4) is 0 Å². The van der Waals surface area contributed by atoms with Gasteiger partial charge in [-0.3, -0.25) is 4.57 Å². The third kappa shape index (κ3) is 16.6. The molecule has 1 atom stereocenters. The molecule has 0 rings (SSSR count). The summed E-state index contributed by atoms with van der Waals surface area (Å²) in [7, 11) is -3.37. The predicted molar refractivity (Wildman–Crippen MR) is 44.2 cm³/mol. The Morgan fingerprint density at radius 2 is 1.83 bits per heavy atom. The van der Waals surface area contributed by atoms with Crippen molar-refractivity contribution in [3.63, 3.8) is 0 Å². The number of carboxylic acids is 1. The number of carboxylic acid groups (broad SMARTS) is 1. The van der Waals surface area contributed by atoms with E-state index in [0.717, 1.165) is 6.66 Å². The minimum atomic E-state index is -3.37. The van der Waals surface area contributed by atoms with Gasteiger partial charge in [-0.1, -0.05) is 23.2 Å². The van der Waals surface area contributed by atoms with Crippen LogP contribution in [0.4, 0.5) is 0 Å². The van der Waals surface area contributed by atoms with Crippen LogP contribution in [0.25, 0.3) is 0 Å². The summed E-state index contributed by atoms with van der Waals surface area (Å²) in [5.41, 5.74) is 0. The fourth-order valence-electron chi connectivity index (χ4n) is 0. The average molecular weight is 240 g/mol. The van der Waals surface area contributed by atoms with Gasteiger partial charge in [0.05, 0.1) is 0 Å². The molecule has 0 heterocycles. The maximum Gasteiger partial charge on any atom is 0.341 e. The molecule has 0 aliphatic carbocycles. The van der Waals surface area contributed by atoms with Crippen molar-refractivity contribution in [1.29, 1.82) is 0 Å². The summed E-state index contributed by atoms with van der Waals surface area (Å²) >= 11 is 9.56. The molecule has 4 N–H and O–H groups in total. The van der Waals surface area contributed by atoms with E-state index in [1.54, 1.807) is 0 Å². The zero-order valence-electron chi connectivity index (χ0n) is 5.98. The lowest BCUT2D eigenvalue weighted by Crippen LogP contribution is -2.03. The Bertz CT molecular complexity index is 180. The van der Waals surface area contributed by atoms with Gasteiger partial charge in [0, 0.05) is 6.66 Å². The van der Waals surface area contributed by atoms with Crippen LogP contribution < -0.4 is 5.90 Å². The lowest BCUT2D eigenvalue weighted by atomic mass is 10.8. The van der Waals surface area contributed by atoms with Gasteiger partial charge in [0.15, 0.2) is 0 Å². The second-order valence-electron chi connectivity index (χ2n) is 1.55. The van der Waals surface area contributed by atoms with E-state index in [0.29, 0.717) is 0 Å². The smallest absolute Gasteiger partial charge is 0.341 e. The maximum atomic E-state index is 9.79. The molecule has 0 aromatic carbocycles.